The molecule has 0 N–H and O–H groups in total. The zero-order valence-corrected chi connectivity index (χ0v) is 21.1. The molecular formula is C24H30N2O10. The summed E-state index contributed by atoms with van der Waals surface area (Å²) in [5.74, 6) is -1.48. The Labute approximate surface area is 208 Å². The van der Waals surface area contributed by atoms with Crippen LogP contribution in [-0.2, 0) is 19.0 Å². The van der Waals surface area contributed by atoms with E-state index in [0.29, 0.717) is 6.42 Å². The smallest absolute Gasteiger partial charge is 0.432 e. The predicted molar refractivity (Wildman–Crippen MR) is 124 cm³/mol. The van der Waals surface area contributed by atoms with E-state index in [9.17, 15) is 19.2 Å². The summed E-state index contributed by atoms with van der Waals surface area (Å²) < 4.78 is 32.5. The first-order valence-electron chi connectivity index (χ1n) is 11.5. The normalized spacial score (nSPS) is 19.9. The maximum atomic E-state index is 14.2. The first-order valence-corrected chi connectivity index (χ1v) is 11.5. The van der Waals surface area contributed by atoms with Gasteiger partial charge in [-0.15, -0.1) is 0 Å². The van der Waals surface area contributed by atoms with Crippen LogP contribution in [-0.4, -0.2) is 74.2 Å². The van der Waals surface area contributed by atoms with E-state index in [1.165, 1.54) is 39.5 Å². The topological polar surface area (TPSA) is 130 Å². The maximum absolute atomic E-state index is 14.2. The predicted octanol–water partition coefficient (Wildman–Crippen LogP) is 3.39. The van der Waals surface area contributed by atoms with Crippen molar-refractivity contribution in [2.24, 2.45) is 0 Å². The second kappa shape index (κ2) is 10.9. The number of carbonyl (C=O) groups is 4. The van der Waals surface area contributed by atoms with Crippen molar-refractivity contribution in [2.75, 3.05) is 34.5 Å². The summed E-state index contributed by atoms with van der Waals surface area (Å²) in [6.45, 7) is 4.94. The van der Waals surface area contributed by atoms with Crippen LogP contribution in [0, 0.1) is 0 Å². The average molecular weight is 507 g/mol. The van der Waals surface area contributed by atoms with Gasteiger partial charge in [-0.25, -0.2) is 9.59 Å². The minimum absolute atomic E-state index is 0.00493. The van der Waals surface area contributed by atoms with Crippen molar-refractivity contribution < 1.29 is 47.6 Å². The Balaban J connectivity index is 2.40. The first kappa shape index (κ1) is 26.8. The van der Waals surface area contributed by atoms with Crippen LogP contribution in [0.15, 0.2) is 18.2 Å². The van der Waals surface area contributed by atoms with Gasteiger partial charge in [-0.1, -0.05) is 13.0 Å². The molecule has 12 heteroatoms. The van der Waals surface area contributed by atoms with Gasteiger partial charge in [0, 0.05) is 13.5 Å². The molecule has 0 saturated carbocycles. The number of carbonyl (C=O) groups excluding carboxylic acids is 4. The molecule has 2 heterocycles. The average Bonchev–Trinajstić information content (AvgIpc) is 3.03. The van der Waals surface area contributed by atoms with E-state index in [0.717, 1.165) is 10.0 Å². The zero-order chi connectivity index (χ0) is 26.6. The van der Waals surface area contributed by atoms with Crippen LogP contribution in [0.1, 0.15) is 55.6 Å². The summed E-state index contributed by atoms with van der Waals surface area (Å²) in [4.78, 5) is 53.1. The van der Waals surface area contributed by atoms with Crippen LogP contribution < -0.4 is 14.2 Å². The van der Waals surface area contributed by atoms with Gasteiger partial charge in [0.1, 0.15) is 6.04 Å². The fraction of sp³-hybridized carbons (Fsp3) is 0.500. The van der Waals surface area contributed by atoms with Crippen LogP contribution in [0.3, 0.4) is 0 Å². The molecule has 196 valence electrons. The lowest BCUT2D eigenvalue weighted by atomic mass is 9.95. The fourth-order valence-corrected chi connectivity index (χ4v) is 4.20. The van der Waals surface area contributed by atoms with E-state index in [1.54, 1.807) is 20.8 Å². The van der Waals surface area contributed by atoms with Crippen molar-refractivity contribution in [3.05, 3.63) is 29.3 Å². The Morgan fingerprint density at radius 1 is 0.972 bits per heavy atom. The van der Waals surface area contributed by atoms with Crippen LogP contribution in [0.2, 0.25) is 0 Å². The summed E-state index contributed by atoms with van der Waals surface area (Å²) in [6.07, 6.45) is 1.49. The second-order valence-electron chi connectivity index (χ2n) is 7.72. The summed E-state index contributed by atoms with van der Waals surface area (Å²) in [7, 11) is 3.91. The quantitative estimate of drug-likeness (QED) is 0.294. The molecule has 2 atom stereocenters. The zero-order valence-electron chi connectivity index (χ0n) is 21.1. The van der Waals surface area contributed by atoms with Crippen molar-refractivity contribution >= 4 is 23.9 Å². The van der Waals surface area contributed by atoms with E-state index in [-0.39, 0.29) is 48.0 Å². The summed E-state index contributed by atoms with van der Waals surface area (Å²) in [5, 5.41) is 1.72. The number of methoxy groups -OCH3 is 3. The number of hydrogen-bond acceptors (Lipinski definition) is 10. The van der Waals surface area contributed by atoms with Crippen LogP contribution in [0.4, 0.5) is 9.59 Å². The molecule has 1 aromatic rings. The van der Waals surface area contributed by atoms with Gasteiger partial charge in [-0.3, -0.25) is 9.59 Å². The molecule has 4 rings (SSSR count). The molecule has 1 aromatic carbocycles. The number of amides is 2. The highest BCUT2D eigenvalue weighted by Gasteiger charge is 2.60. The Kier molecular flexibility index (Phi) is 8.08. The Morgan fingerprint density at radius 2 is 1.64 bits per heavy atom. The first-order chi connectivity index (χ1) is 17.3. The number of nitrogens with zero attached hydrogens (tertiary/aromatic N) is 2. The van der Waals surface area contributed by atoms with E-state index in [1.807, 2.05) is 0 Å². The van der Waals surface area contributed by atoms with Crippen molar-refractivity contribution in [3.8, 4) is 17.2 Å². The van der Waals surface area contributed by atoms with Gasteiger partial charge in [-0.05, 0) is 38.0 Å². The fourth-order valence-electron chi connectivity index (χ4n) is 4.20. The number of ether oxygens (including phenoxy) is 6. The molecule has 2 amide bonds. The van der Waals surface area contributed by atoms with Gasteiger partial charge in [0.2, 0.25) is 17.3 Å². The van der Waals surface area contributed by atoms with Gasteiger partial charge in [0.25, 0.3) is 0 Å². The van der Waals surface area contributed by atoms with Gasteiger partial charge in [-0.2, -0.15) is 10.0 Å². The molecule has 12 nitrogen and oxygen atoms in total. The molecule has 0 unspecified atom stereocenters. The minimum Gasteiger partial charge on any atom is -0.493 e. The Hall–Kier alpha value is -3.80. The Bertz CT molecular complexity index is 1090. The molecule has 36 heavy (non-hydrogen) atoms. The Morgan fingerprint density at radius 3 is 2.19 bits per heavy atom. The SMILES string of the molecule is CCCC(=O)Oc1c(OC)c(OC)cc2c1C(=O)[C@@]1(OC)C=C[C@@H]2N(C(=O)OCC)N1C(=O)OCC. The van der Waals surface area contributed by atoms with Gasteiger partial charge >= 0.3 is 18.2 Å². The van der Waals surface area contributed by atoms with Crippen molar-refractivity contribution in [1.29, 1.82) is 0 Å². The second-order valence-corrected chi connectivity index (χ2v) is 7.72. The minimum atomic E-state index is -2.16. The third-order valence-electron chi connectivity index (χ3n) is 5.70. The number of benzene rings is 1. The number of hydrazine groups is 1. The lowest BCUT2D eigenvalue weighted by Crippen LogP contribution is -2.66. The van der Waals surface area contributed by atoms with Crippen molar-refractivity contribution in [3.63, 3.8) is 0 Å². The number of rotatable bonds is 8. The number of hydrogen-bond donors (Lipinski definition) is 0. The molecule has 2 bridgehead atoms. The molecule has 0 aromatic heterocycles. The number of Topliss-reactive ketones (excluding diaryl/α,β-unsaturated/α-hetero) is 1. The van der Waals surface area contributed by atoms with Gasteiger partial charge in [0.15, 0.2) is 11.5 Å². The summed E-state index contributed by atoms with van der Waals surface area (Å²) in [5.41, 5.74) is -2.08. The van der Waals surface area contributed by atoms with Crippen molar-refractivity contribution in [1.82, 2.24) is 10.0 Å². The van der Waals surface area contributed by atoms with Crippen molar-refractivity contribution in [2.45, 2.75) is 45.4 Å². The van der Waals surface area contributed by atoms with Crippen LogP contribution in [0.25, 0.3) is 0 Å². The third kappa shape index (κ3) is 4.21. The molecule has 1 aliphatic carbocycles. The molecule has 2 aliphatic heterocycles. The standard InChI is InChI=1S/C24H30N2O10/c1-7-10-17(27)36-20-18-14(13-16(31-4)19(20)32-5)15-11-12-24(33-6,21(18)28)26(23(30)35-9-3)25(15)22(29)34-8-2/h11-13,15H,7-10H2,1-6H3/t15-,24-/m0/s1. The van der Waals surface area contributed by atoms with Gasteiger partial charge < -0.3 is 28.4 Å². The molecule has 0 spiro atoms. The molecule has 0 saturated heterocycles. The monoisotopic (exact) mass is 506 g/mol. The molecule has 0 fully saturated rings. The third-order valence-corrected chi connectivity index (χ3v) is 5.70. The highest BCUT2D eigenvalue weighted by atomic mass is 16.6. The van der Waals surface area contributed by atoms with E-state index < -0.39 is 35.7 Å². The largest absolute Gasteiger partial charge is 0.493 e. The lowest BCUT2D eigenvalue weighted by Gasteiger charge is -2.46. The number of fused-ring (bicyclic) bond motifs is 1. The molecule has 3 aliphatic rings. The molecular weight excluding hydrogens is 476 g/mol. The summed E-state index contributed by atoms with van der Waals surface area (Å²) in [6, 6.07) is 0.423. The van der Waals surface area contributed by atoms with E-state index >= 15 is 0 Å². The van der Waals surface area contributed by atoms with E-state index in [4.69, 9.17) is 28.4 Å². The molecule has 0 radical (unpaired) electrons. The maximum Gasteiger partial charge on any atom is 0.432 e. The van der Waals surface area contributed by atoms with Crippen LogP contribution in [0.5, 0.6) is 17.2 Å². The highest BCUT2D eigenvalue weighted by Crippen LogP contribution is 2.51. The van der Waals surface area contributed by atoms with Gasteiger partial charge in [0.05, 0.1) is 33.0 Å². The number of ketones is 1. The lowest BCUT2D eigenvalue weighted by molar-refractivity contribution is -0.158. The summed E-state index contributed by atoms with van der Waals surface area (Å²) >= 11 is 0. The van der Waals surface area contributed by atoms with Crippen LogP contribution >= 0.6 is 0 Å². The van der Waals surface area contributed by atoms with E-state index in [2.05, 4.69) is 0 Å². The number of esters is 1. The highest BCUT2D eigenvalue weighted by molar-refractivity contribution is 6.11.